The van der Waals surface area contributed by atoms with Crippen LogP contribution in [0.4, 0.5) is 5.69 Å². The smallest absolute Gasteiger partial charge is 0.326 e. The first-order valence-electron chi connectivity index (χ1n) is 13.3. The van der Waals surface area contributed by atoms with Gasteiger partial charge in [0.15, 0.2) is 0 Å². The Hall–Kier alpha value is -3.47. The number of hydrogen-bond acceptors (Lipinski definition) is 6. The topological polar surface area (TPSA) is 129 Å². The molecule has 3 aromatic rings. The predicted octanol–water partition coefficient (Wildman–Crippen LogP) is 4.83. The molecule has 214 valence electrons. The molecule has 1 aromatic carbocycles. The number of carbonyl (C=O) groups excluding carboxylic acids is 3. The first-order valence-corrected chi connectivity index (χ1v) is 14.9. The van der Waals surface area contributed by atoms with Crippen molar-refractivity contribution in [3.05, 3.63) is 80.2 Å². The maximum Gasteiger partial charge on any atom is 0.326 e. The highest BCUT2D eigenvalue weighted by atomic mass is 35.5. The van der Waals surface area contributed by atoms with Gasteiger partial charge >= 0.3 is 5.97 Å². The molecule has 1 saturated carbocycles. The zero-order chi connectivity index (χ0) is 29.1. The van der Waals surface area contributed by atoms with Crippen molar-refractivity contribution < 1.29 is 24.3 Å². The number of piperidine rings is 2. The number of thiophene rings is 1. The third kappa shape index (κ3) is 6.55. The van der Waals surface area contributed by atoms with Crippen molar-refractivity contribution in [3.63, 3.8) is 0 Å². The summed E-state index contributed by atoms with van der Waals surface area (Å²) in [5.41, 5.74) is 1.20. The molecule has 2 aromatic heterocycles. The molecule has 4 heterocycles. The van der Waals surface area contributed by atoms with E-state index in [2.05, 4.69) is 15.6 Å². The van der Waals surface area contributed by atoms with E-state index in [0.29, 0.717) is 11.3 Å². The van der Waals surface area contributed by atoms with Gasteiger partial charge in [-0.1, -0.05) is 41.4 Å². The van der Waals surface area contributed by atoms with Crippen LogP contribution in [0.2, 0.25) is 10.0 Å². The Morgan fingerprint density at radius 3 is 2.32 bits per heavy atom. The van der Waals surface area contributed by atoms with Gasteiger partial charge in [-0.05, 0) is 60.7 Å². The van der Waals surface area contributed by atoms with Gasteiger partial charge in [-0.15, -0.1) is 11.3 Å². The number of rotatable bonds is 9. The second-order valence-electron chi connectivity index (χ2n) is 10.3. The van der Waals surface area contributed by atoms with Gasteiger partial charge in [0.1, 0.15) is 12.1 Å². The molecule has 2 atom stereocenters. The minimum Gasteiger partial charge on any atom is -0.480 e. The minimum atomic E-state index is -1.19. The largest absolute Gasteiger partial charge is 0.480 e. The highest BCUT2D eigenvalue weighted by Crippen LogP contribution is 2.40. The summed E-state index contributed by atoms with van der Waals surface area (Å²) >= 11 is 13.6. The molecule has 3 amide bonds. The molecule has 3 N–H and O–H groups in total. The van der Waals surface area contributed by atoms with Crippen LogP contribution in [0.3, 0.4) is 0 Å². The van der Waals surface area contributed by atoms with Crippen molar-refractivity contribution in [1.29, 1.82) is 0 Å². The molecule has 41 heavy (non-hydrogen) atoms. The number of aliphatic carboxylic acids is 1. The normalized spacial score (nSPS) is 20.3. The Labute approximate surface area is 250 Å². The third-order valence-corrected chi connectivity index (χ3v) is 9.14. The molecule has 12 heteroatoms. The average Bonchev–Trinajstić information content (AvgIpc) is 3.46. The van der Waals surface area contributed by atoms with Crippen LogP contribution in [-0.4, -0.2) is 56.8 Å². The lowest BCUT2D eigenvalue weighted by Crippen LogP contribution is -2.64. The van der Waals surface area contributed by atoms with Crippen LogP contribution >= 0.6 is 34.5 Å². The maximum atomic E-state index is 13.5. The molecule has 2 saturated heterocycles. The maximum absolute atomic E-state index is 13.5. The van der Waals surface area contributed by atoms with Gasteiger partial charge < -0.3 is 20.6 Å². The Balaban J connectivity index is 1.25. The van der Waals surface area contributed by atoms with Crippen molar-refractivity contribution in [2.45, 2.75) is 56.7 Å². The van der Waals surface area contributed by atoms with E-state index in [1.165, 1.54) is 23.7 Å². The van der Waals surface area contributed by atoms with Gasteiger partial charge in [-0.3, -0.25) is 19.4 Å². The van der Waals surface area contributed by atoms with Crippen molar-refractivity contribution in [2.75, 3.05) is 5.32 Å². The number of carboxylic acid groups (broad SMARTS) is 1. The lowest BCUT2D eigenvalue weighted by Gasteiger charge is -2.50. The molecule has 6 rings (SSSR count). The molecule has 2 bridgehead atoms. The first kappa shape index (κ1) is 29.0. The molecule has 3 fully saturated rings. The molecular weight excluding hydrogens is 587 g/mol. The Kier molecular flexibility index (Phi) is 8.91. The number of amides is 3. The molecule has 0 unspecified atom stereocenters. The van der Waals surface area contributed by atoms with Crippen LogP contribution in [0.15, 0.2) is 54.2 Å². The SMILES string of the molecule is O=C(Nc1ccc(C[C@H](NC(=O)[C@@H]2C3CCC(CC3)N2C(=O)Cc2cccs2)C(=O)O)cc1)c1c(Cl)cncc1Cl. The predicted molar refractivity (Wildman–Crippen MR) is 156 cm³/mol. The zero-order valence-corrected chi connectivity index (χ0v) is 24.2. The van der Waals surface area contributed by atoms with E-state index in [0.717, 1.165) is 30.6 Å². The molecule has 9 nitrogen and oxygen atoms in total. The monoisotopic (exact) mass is 614 g/mol. The number of hydrogen-bond donors (Lipinski definition) is 3. The highest BCUT2D eigenvalue weighted by molar-refractivity contribution is 7.10. The fraction of sp³-hybridized carbons (Fsp3) is 0.345. The van der Waals surface area contributed by atoms with Crippen LogP contribution < -0.4 is 10.6 Å². The standard InChI is InChI=1S/C29H28Cl2N4O5S/c30-21-14-32-15-22(31)25(21)27(37)33-18-7-3-16(4-8-18)12-23(29(39)40)34-28(38)26-17-5-9-19(10-6-17)35(26)24(36)13-20-2-1-11-41-20/h1-4,7-8,11,14-15,17,19,23,26H,5-6,9-10,12-13H2,(H,33,37)(H,34,38)(H,39,40)/t17?,19?,23-,26-/m0/s1. The number of nitrogens with one attached hydrogen (secondary N) is 2. The average molecular weight is 616 g/mol. The number of carbonyl (C=O) groups is 4. The molecule has 0 spiro atoms. The Morgan fingerprint density at radius 2 is 1.71 bits per heavy atom. The van der Waals surface area contributed by atoms with Gasteiger partial charge in [-0.25, -0.2) is 4.79 Å². The number of pyridine rings is 1. The lowest BCUT2D eigenvalue weighted by molar-refractivity contribution is -0.154. The second-order valence-corrected chi connectivity index (χ2v) is 12.1. The van der Waals surface area contributed by atoms with Gasteiger partial charge in [0.25, 0.3) is 5.91 Å². The van der Waals surface area contributed by atoms with Crippen LogP contribution in [0.5, 0.6) is 0 Å². The van der Waals surface area contributed by atoms with Gasteiger partial charge in [0.05, 0.1) is 22.0 Å². The summed E-state index contributed by atoms with van der Waals surface area (Å²) in [4.78, 5) is 58.1. The van der Waals surface area contributed by atoms with Crippen molar-refractivity contribution in [1.82, 2.24) is 15.2 Å². The molecular formula is C29H28Cl2N4O5S. The van der Waals surface area contributed by atoms with E-state index in [1.54, 1.807) is 29.2 Å². The van der Waals surface area contributed by atoms with Crippen molar-refractivity contribution in [2.24, 2.45) is 5.92 Å². The number of carboxylic acids is 1. The number of anilines is 1. The fourth-order valence-electron chi connectivity index (χ4n) is 5.74. The molecule has 1 aliphatic carbocycles. The molecule has 0 radical (unpaired) electrons. The third-order valence-electron chi connectivity index (χ3n) is 7.69. The van der Waals surface area contributed by atoms with Crippen LogP contribution in [0.25, 0.3) is 0 Å². The summed E-state index contributed by atoms with van der Waals surface area (Å²) in [6.45, 7) is 0. The number of nitrogens with zero attached hydrogens (tertiary/aromatic N) is 2. The Morgan fingerprint density at radius 1 is 1.02 bits per heavy atom. The van der Waals surface area contributed by atoms with Crippen LogP contribution in [0, 0.1) is 5.92 Å². The summed E-state index contributed by atoms with van der Waals surface area (Å²) in [5.74, 6) is -2.20. The lowest BCUT2D eigenvalue weighted by atomic mass is 9.74. The van der Waals surface area contributed by atoms with Gasteiger partial charge in [0.2, 0.25) is 11.8 Å². The molecule has 3 aliphatic rings. The minimum absolute atomic E-state index is 0.00651. The summed E-state index contributed by atoms with van der Waals surface area (Å²) < 4.78 is 0. The van der Waals surface area contributed by atoms with Gasteiger partial charge in [-0.2, -0.15) is 0 Å². The van der Waals surface area contributed by atoms with Gasteiger partial charge in [0, 0.05) is 35.4 Å². The summed E-state index contributed by atoms with van der Waals surface area (Å²) in [5, 5.41) is 17.5. The summed E-state index contributed by atoms with van der Waals surface area (Å²) in [6, 6.07) is 8.52. The fourth-order valence-corrected chi connectivity index (χ4v) is 6.97. The molecule has 2 aliphatic heterocycles. The van der Waals surface area contributed by atoms with E-state index < -0.39 is 29.9 Å². The van der Waals surface area contributed by atoms with Crippen molar-refractivity contribution >= 4 is 63.9 Å². The van der Waals surface area contributed by atoms with Crippen LogP contribution in [0.1, 0.15) is 46.5 Å². The number of aromatic nitrogens is 1. The summed E-state index contributed by atoms with van der Waals surface area (Å²) in [6.07, 6.45) is 6.30. The first-order chi connectivity index (χ1) is 19.7. The van der Waals surface area contributed by atoms with E-state index in [9.17, 15) is 24.3 Å². The van der Waals surface area contributed by atoms with E-state index >= 15 is 0 Å². The summed E-state index contributed by atoms with van der Waals surface area (Å²) in [7, 11) is 0. The van der Waals surface area contributed by atoms with E-state index in [-0.39, 0.29) is 46.3 Å². The van der Waals surface area contributed by atoms with Crippen LogP contribution in [-0.2, 0) is 27.2 Å². The zero-order valence-electron chi connectivity index (χ0n) is 21.9. The quantitative estimate of drug-likeness (QED) is 0.317. The van der Waals surface area contributed by atoms with E-state index in [1.807, 2.05) is 17.5 Å². The number of fused-ring (bicyclic) bond motifs is 3. The second kappa shape index (κ2) is 12.6. The van der Waals surface area contributed by atoms with Crippen molar-refractivity contribution in [3.8, 4) is 0 Å². The number of benzene rings is 1. The Bertz CT molecular complexity index is 1420. The number of halogens is 2. The highest BCUT2D eigenvalue weighted by Gasteiger charge is 2.47. The van der Waals surface area contributed by atoms with E-state index in [4.69, 9.17) is 23.2 Å².